The van der Waals surface area contributed by atoms with E-state index in [0.717, 1.165) is 0 Å². The SMILES string of the molecule is C=C(C)C(=O)OC(C)C1NC=CO1. The van der Waals surface area contributed by atoms with Gasteiger partial charge in [0.15, 0.2) is 6.10 Å². The summed E-state index contributed by atoms with van der Waals surface area (Å²) in [5.41, 5.74) is 0.387. The van der Waals surface area contributed by atoms with Crippen molar-refractivity contribution in [2.45, 2.75) is 26.2 Å². The predicted octanol–water partition coefficient (Wildman–Crippen LogP) is 0.911. The molecule has 0 amide bonds. The molecule has 1 N–H and O–H groups in total. The Morgan fingerprint density at radius 1 is 1.77 bits per heavy atom. The van der Waals surface area contributed by atoms with Gasteiger partial charge >= 0.3 is 5.97 Å². The minimum Gasteiger partial charge on any atom is -0.473 e. The summed E-state index contributed by atoms with van der Waals surface area (Å²) in [6, 6.07) is 0. The molecule has 0 aromatic heterocycles. The van der Waals surface area contributed by atoms with Gasteiger partial charge in [0, 0.05) is 11.8 Å². The van der Waals surface area contributed by atoms with Crippen LogP contribution in [-0.4, -0.2) is 18.3 Å². The van der Waals surface area contributed by atoms with Gasteiger partial charge in [-0.05, 0) is 13.8 Å². The fraction of sp³-hybridized carbons (Fsp3) is 0.444. The van der Waals surface area contributed by atoms with Gasteiger partial charge in [0.25, 0.3) is 0 Å². The fourth-order valence-corrected chi connectivity index (χ4v) is 0.875. The van der Waals surface area contributed by atoms with E-state index in [4.69, 9.17) is 9.47 Å². The van der Waals surface area contributed by atoms with E-state index < -0.39 is 5.97 Å². The number of hydrogen-bond donors (Lipinski definition) is 1. The highest BCUT2D eigenvalue weighted by Gasteiger charge is 2.22. The quantitative estimate of drug-likeness (QED) is 0.522. The number of nitrogens with one attached hydrogen (secondary N) is 1. The van der Waals surface area contributed by atoms with Crippen LogP contribution in [0.15, 0.2) is 24.6 Å². The minimum absolute atomic E-state index is 0.289. The van der Waals surface area contributed by atoms with Gasteiger partial charge in [-0.25, -0.2) is 4.79 Å². The Hall–Kier alpha value is -1.45. The lowest BCUT2D eigenvalue weighted by atomic mass is 10.3. The molecule has 0 fully saturated rings. The first-order chi connectivity index (χ1) is 6.11. The van der Waals surface area contributed by atoms with Crippen LogP contribution in [0.3, 0.4) is 0 Å². The molecule has 2 unspecified atom stereocenters. The zero-order valence-electron chi connectivity index (χ0n) is 7.74. The lowest BCUT2D eigenvalue weighted by Gasteiger charge is -2.19. The Balaban J connectivity index is 2.36. The molecule has 0 spiro atoms. The van der Waals surface area contributed by atoms with E-state index in [1.807, 2.05) is 0 Å². The van der Waals surface area contributed by atoms with Crippen molar-refractivity contribution in [3.63, 3.8) is 0 Å². The van der Waals surface area contributed by atoms with Crippen molar-refractivity contribution in [1.82, 2.24) is 5.32 Å². The van der Waals surface area contributed by atoms with Gasteiger partial charge < -0.3 is 14.8 Å². The molecule has 0 aliphatic carbocycles. The van der Waals surface area contributed by atoms with Gasteiger partial charge in [-0.2, -0.15) is 0 Å². The highest BCUT2D eigenvalue weighted by Crippen LogP contribution is 2.07. The van der Waals surface area contributed by atoms with Crippen LogP contribution in [0.25, 0.3) is 0 Å². The molecule has 0 saturated heterocycles. The zero-order valence-corrected chi connectivity index (χ0v) is 7.74. The summed E-state index contributed by atoms with van der Waals surface area (Å²) in [5, 5.41) is 2.89. The van der Waals surface area contributed by atoms with Crippen LogP contribution in [-0.2, 0) is 14.3 Å². The van der Waals surface area contributed by atoms with E-state index in [2.05, 4.69) is 11.9 Å². The van der Waals surface area contributed by atoms with Crippen molar-refractivity contribution in [2.24, 2.45) is 0 Å². The normalized spacial score (nSPS) is 21.5. The Morgan fingerprint density at radius 3 is 2.92 bits per heavy atom. The van der Waals surface area contributed by atoms with Crippen LogP contribution in [0.2, 0.25) is 0 Å². The third-order valence-electron chi connectivity index (χ3n) is 1.62. The first-order valence-corrected chi connectivity index (χ1v) is 4.04. The molecule has 13 heavy (non-hydrogen) atoms. The average molecular weight is 183 g/mol. The monoisotopic (exact) mass is 183 g/mol. The molecule has 0 aromatic carbocycles. The molecule has 4 heteroatoms. The van der Waals surface area contributed by atoms with Crippen LogP contribution < -0.4 is 5.32 Å². The van der Waals surface area contributed by atoms with E-state index >= 15 is 0 Å². The Kier molecular flexibility index (Phi) is 2.95. The first-order valence-electron chi connectivity index (χ1n) is 4.04. The zero-order chi connectivity index (χ0) is 9.84. The summed E-state index contributed by atoms with van der Waals surface area (Å²) < 4.78 is 10.1. The Bertz CT molecular complexity index is 239. The van der Waals surface area contributed by atoms with Crippen molar-refractivity contribution in [3.05, 3.63) is 24.6 Å². The van der Waals surface area contributed by atoms with Crippen molar-refractivity contribution in [2.75, 3.05) is 0 Å². The van der Waals surface area contributed by atoms with Crippen LogP contribution >= 0.6 is 0 Å². The summed E-state index contributed by atoms with van der Waals surface area (Å²) in [5.74, 6) is -0.398. The lowest BCUT2D eigenvalue weighted by Crippen LogP contribution is -2.36. The molecule has 1 aliphatic heterocycles. The number of ether oxygens (including phenoxy) is 2. The van der Waals surface area contributed by atoms with E-state index in [1.165, 1.54) is 6.26 Å². The molecule has 0 saturated carbocycles. The molecule has 1 rings (SSSR count). The maximum atomic E-state index is 11.1. The van der Waals surface area contributed by atoms with Gasteiger partial charge in [0.1, 0.15) is 6.26 Å². The highest BCUT2D eigenvalue weighted by atomic mass is 16.6. The molecule has 0 aromatic rings. The van der Waals surface area contributed by atoms with Gasteiger partial charge in [-0.1, -0.05) is 6.58 Å². The smallest absolute Gasteiger partial charge is 0.333 e. The van der Waals surface area contributed by atoms with Crippen LogP contribution in [0.4, 0.5) is 0 Å². The molecule has 2 atom stereocenters. The molecule has 72 valence electrons. The van der Waals surface area contributed by atoms with Gasteiger partial charge in [-0.15, -0.1) is 0 Å². The predicted molar refractivity (Wildman–Crippen MR) is 47.5 cm³/mol. The number of carbonyl (C=O) groups excluding carboxylic acids is 1. The van der Waals surface area contributed by atoms with Crippen molar-refractivity contribution >= 4 is 5.97 Å². The van der Waals surface area contributed by atoms with Gasteiger partial charge in [0.05, 0.1) is 0 Å². The second kappa shape index (κ2) is 3.98. The largest absolute Gasteiger partial charge is 0.473 e. The van der Waals surface area contributed by atoms with Crippen molar-refractivity contribution in [3.8, 4) is 0 Å². The van der Waals surface area contributed by atoms with Gasteiger partial charge in [-0.3, -0.25) is 0 Å². The van der Waals surface area contributed by atoms with Crippen molar-refractivity contribution in [1.29, 1.82) is 0 Å². The summed E-state index contributed by atoms with van der Waals surface area (Å²) in [4.78, 5) is 11.1. The molecular formula is C9H13NO3. The number of rotatable bonds is 3. The van der Waals surface area contributed by atoms with Crippen molar-refractivity contribution < 1.29 is 14.3 Å². The fourth-order valence-electron chi connectivity index (χ4n) is 0.875. The third kappa shape index (κ3) is 2.50. The maximum absolute atomic E-state index is 11.1. The average Bonchev–Trinajstić information content (AvgIpc) is 2.55. The molecule has 4 nitrogen and oxygen atoms in total. The number of hydrogen-bond acceptors (Lipinski definition) is 4. The van der Waals surface area contributed by atoms with E-state index in [9.17, 15) is 4.79 Å². The van der Waals surface area contributed by atoms with E-state index in [0.29, 0.717) is 5.57 Å². The molecule has 0 radical (unpaired) electrons. The standard InChI is InChI=1S/C9H13NO3/c1-6(2)9(11)13-7(3)8-10-4-5-12-8/h4-5,7-8,10H,1H2,2-3H3. The minimum atomic E-state index is -0.398. The number of carbonyl (C=O) groups is 1. The van der Waals surface area contributed by atoms with Crippen LogP contribution in [0.5, 0.6) is 0 Å². The third-order valence-corrected chi connectivity index (χ3v) is 1.62. The molecule has 1 aliphatic rings. The summed E-state index contributed by atoms with van der Waals surface area (Å²) in [7, 11) is 0. The lowest BCUT2D eigenvalue weighted by molar-refractivity contribution is -0.149. The maximum Gasteiger partial charge on any atom is 0.333 e. The van der Waals surface area contributed by atoms with Gasteiger partial charge in [0.2, 0.25) is 6.23 Å². The molecule has 1 heterocycles. The molecule has 0 bridgehead atoms. The Morgan fingerprint density at radius 2 is 2.46 bits per heavy atom. The summed E-state index contributed by atoms with van der Waals surface area (Å²) >= 11 is 0. The van der Waals surface area contributed by atoms with Crippen LogP contribution in [0, 0.1) is 0 Å². The highest BCUT2D eigenvalue weighted by molar-refractivity contribution is 5.87. The first kappa shape index (κ1) is 9.64. The summed E-state index contributed by atoms with van der Waals surface area (Å²) in [6.45, 7) is 6.85. The van der Waals surface area contributed by atoms with E-state index in [-0.39, 0.29) is 12.3 Å². The summed E-state index contributed by atoms with van der Waals surface area (Å²) in [6.07, 6.45) is 2.56. The van der Waals surface area contributed by atoms with Crippen LogP contribution in [0.1, 0.15) is 13.8 Å². The number of esters is 1. The second-order valence-corrected chi connectivity index (χ2v) is 2.92. The Labute approximate surface area is 77.2 Å². The topological polar surface area (TPSA) is 47.6 Å². The molecular weight excluding hydrogens is 170 g/mol. The van der Waals surface area contributed by atoms with E-state index in [1.54, 1.807) is 20.0 Å². The second-order valence-electron chi connectivity index (χ2n) is 2.92.